The van der Waals surface area contributed by atoms with Crippen LogP contribution in [0.3, 0.4) is 0 Å². The molecule has 0 aliphatic rings. The largest absolute Gasteiger partial charge is 0.261 e. The Morgan fingerprint density at radius 2 is 0.857 bits per heavy atom. The van der Waals surface area contributed by atoms with Crippen molar-refractivity contribution in [3.63, 3.8) is 0 Å². The third-order valence-corrected chi connectivity index (χ3v) is 4.95. The lowest BCUT2D eigenvalue weighted by Crippen LogP contribution is -2.36. The van der Waals surface area contributed by atoms with Crippen LogP contribution in [0.2, 0.25) is 0 Å². The van der Waals surface area contributed by atoms with Gasteiger partial charge in [-0.1, -0.05) is 24.3 Å². The van der Waals surface area contributed by atoms with E-state index in [2.05, 4.69) is 39.2 Å². The molecule has 0 atom stereocenters. The van der Waals surface area contributed by atoms with Crippen molar-refractivity contribution in [3.8, 4) is 0 Å². The van der Waals surface area contributed by atoms with Crippen molar-refractivity contribution in [2.45, 2.75) is 24.7 Å². The Balaban J connectivity index is 1.82. The highest BCUT2D eigenvalue weighted by molar-refractivity contribution is 5.28. The quantitative estimate of drug-likeness (QED) is 0.491. The lowest BCUT2D eigenvalue weighted by atomic mass is 9.72. The van der Waals surface area contributed by atoms with Crippen molar-refractivity contribution in [3.05, 3.63) is 120 Å². The standard InChI is InChI=1S/C24H22N4/c1-5-13-25-20(9-1)17-24(23-12-4-8-16-28-23,18-21-10-2-6-14-26-21)19-22-11-3-7-15-27-22/h1-16H,17-19H2. The molecule has 0 N–H and O–H groups in total. The number of aromatic nitrogens is 4. The molecule has 0 aliphatic heterocycles. The fourth-order valence-corrected chi connectivity index (χ4v) is 3.68. The molecule has 0 unspecified atom stereocenters. The van der Waals surface area contributed by atoms with Gasteiger partial charge in [0, 0.05) is 72.2 Å². The molecule has 4 aromatic heterocycles. The average Bonchev–Trinajstić information content (AvgIpc) is 2.76. The molecule has 0 aliphatic carbocycles. The lowest BCUT2D eigenvalue weighted by molar-refractivity contribution is 0.391. The third-order valence-electron chi connectivity index (χ3n) is 4.95. The van der Waals surface area contributed by atoms with Crippen LogP contribution in [0.1, 0.15) is 22.8 Å². The van der Waals surface area contributed by atoms with E-state index in [-0.39, 0.29) is 5.41 Å². The van der Waals surface area contributed by atoms with E-state index >= 15 is 0 Å². The van der Waals surface area contributed by atoms with E-state index in [9.17, 15) is 0 Å². The van der Waals surface area contributed by atoms with Crippen molar-refractivity contribution in [1.29, 1.82) is 0 Å². The molecule has 4 nitrogen and oxygen atoms in total. The summed E-state index contributed by atoms with van der Waals surface area (Å²) in [5, 5.41) is 0. The van der Waals surface area contributed by atoms with Crippen molar-refractivity contribution >= 4 is 0 Å². The minimum absolute atomic E-state index is 0.293. The minimum atomic E-state index is -0.293. The molecule has 4 heterocycles. The van der Waals surface area contributed by atoms with Crippen LogP contribution < -0.4 is 0 Å². The highest BCUT2D eigenvalue weighted by atomic mass is 14.8. The minimum Gasteiger partial charge on any atom is -0.261 e. The van der Waals surface area contributed by atoms with Gasteiger partial charge in [0.25, 0.3) is 0 Å². The van der Waals surface area contributed by atoms with Crippen molar-refractivity contribution < 1.29 is 0 Å². The molecule has 138 valence electrons. The van der Waals surface area contributed by atoms with E-state index in [1.807, 2.05) is 73.3 Å². The van der Waals surface area contributed by atoms with Crippen LogP contribution >= 0.6 is 0 Å². The first-order valence-corrected chi connectivity index (χ1v) is 9.45. The smallest absolute Gasteiger partial charge is 0.0477 e. The Hall–Kier alpha value is -3.40. The molecule has 4 heteroatoms. The first-order chi connectivity index (χ1) is 13.8. The van der Waals surface area contributed by atoms with Crippen LogP contribution in [0.15, 0.2) is 97.6 Å². The number of pyridine rings is 4. The molecule has 0 bridgehead atoms. The maximum absolute atomic E-state index is 4.76. The summed E-state index contributed by atoms with van der Waals surface area (Å²) in [6.07, 6.45) is 9.69. The Labute approximate surface area is 165 Å². The molecule has 4 rings (SSSR count). The molecule has 4 aromatic rings. The summed E-state index contributed by atoms with van der Waals surface area (Å²) in [6.45, 7) is 0. The number of hydrogen-bond donors (Lipinski definition) is 0. The molecular weight excluding hydrogens is 344 g/mol. The average molecular weight is 366 g/mol. The van der Waals surface area contributed by atoms with Gasteiger partial charge in [0.05, 0.1) is 0 Å². The van der Waals surface area contributed by atoms with Gasteiger partial charge in [-0.3, -0.25) is 19.9 Å². The molecule has 28 heavy (non-hydrogen) atoms. The Morgan fingerprint density at radius 3 is 1.18 bits per heavy atom. The molecule has 0 amide bonds. The molecule has 0 spiro atoms. The second kappa shape index (κ2) is 8.53. The summed E-state index contributed by atoms with van der Waals surface area (Å²) in [5.74, 6) is 0. The van der Waals surface area contributed by atoms with Gasteiger partial charge in [0.2, 0.25) is 0 Å². The summed E-state index contributed by atoms with van der Waals surface area (Å²) in [5.41, 5.74) is 3.87. The second-order valence-electron chi connectivity index (χ2n) is 6.99. The molecule has 0 saturated carbocycles. The molecule has 0 fully saturated rings. The molecule has 0 aromatic carbocycles. The SMILES string of the molecule is c1ccc(CC(Cc2ccccn2)(Cc2ccccn2)c2ccccn2)nc1. The van der Waals surface area contributed by atoms with E-state index in [0.717, 1.165) is 42.0 Å². The van der Waals surface area contributed by atoms with E-state index in [0.29, 0.717) is 0 Å². The monoisotopic (exact) mass is 366 g/mol. The number of rotatable bonds is 7. The fourth-order valence-electron chi connectivity index (χ4n) is 3.68. The Kier molecular flexibility index (Phi) is 5.48. The van der Waals surface area contributed by atoms with Crippen molar-refractivity contribution in [2.75, 3.05) is 0 Å². The lowest BCUT2D eigenvalue weighted by Gasteiger charge is -2.33. The number of hydrogen-bond acceptors (Lipinski definition) is 4. The van der Waals surface area contributed by atoms with Gasteiger partial charge in [-0.15, -0.1) is 0 Å². The van der Waals surface area contributed by atoms with Gasteiger partial charge in [-0.2, -0.15) is 0 Å². The second-order valence-corrected chi connectivity index (χ2v) is 6.99. The third kappa shape index (κ3) is 4.29. The molecular formula is C24H22N4. The fraction of sp³-hybridized carbons (Fsp3) is 0.167. The van der Waals surface area contributed by atoms with Crippen molar-refractivity contribution in [1.82, 2.24) is 19.9 Å². The zero-order valence-electron chi connectivity index (χ0n) is 15.6. The van der Waals surface area contributed by atoms with E-state index < -0.39 is 0 Å². The Morgan fingerprint density at radius 1 is 0.464 bits per heavy atom. The zero-order chi connectivity index (χ0) is 19.1. The zero-order valence-corrected chi connectivity index (χ0v) is 15.6. The van der Waals surface area contributed by atoms with Gasteiger partial charge < -0.3 is 0 Å². The first kappa shape index (κ1) is 18.0. The Bertz CT molecular complexity index is 873. The van der Waals surface area contributed by atoms with Gasteiger partial charge in [-0.05, 0) is 48.5 Å². The maximum atomic E-state index is 4.76. The maximum Gasteiger partial charge on any atom is 0.0477 e. The summed E-state index contributed by atoms with van der Waals surface area (Å²) in [7, 11) is 0. The van der Waals surface area contributed by atoms with Crippen LogP contribution in [-0.4, -0.2) is 19.9 Å². The van der Waals surface area contributed by atoms with Crippen LogP contribution in [-0.2, 0) is 24.7 Å². The normalized spacial score (nSPS) is 11.3. The van der Waals surface area contributed by atoms with Crippen LogP contribution in [0.25, 0.3) is 0 Å². The molecule has 0 saturated heterocycles. The highest BCUT2D eigenvalue weighted by Crippen LogP contribution is 2.34. The van der Waals surface area contributed by atoms with Crippen LogP contribution in [0.4, 0.5) is 0 Å². The van der Waals surface area contributed by atoms with Gasteiger partial charge in [0.1, 0.15) is 0 Å². The predicted molar refractivity (Wildman–Crippen MR) is 110 cm³/mol. The summed E-state index contributed by atoms with van der Waals surface area (Å²) >= 11 is 0. The van der Waals surface area contributed by atoms with Crippen molar-refractivity contribution in [2.24, 2.45) is 0 Å². The summed E-state index contributed by atoms with van der Waals surface area (Å²) in [6, 6.07) is 24.3. The van der Waals surface area contributed by atoms with Crippen LogP contribution in [0, 0.1) is 0 Å². The topological polar surface area (TPSA) is 51.6 Å². The number of nitrogens with zero attached hydrogens (tertiary/aromatic N) is 4. The summed E-state index contributed by atoms with van der Waals surface area (Å²) in [4.78, 5) is 18.6. The van der Waals surface area contributed by atoms with E-state index in [1.165, 1.54) is 0 Å². The predicted octanol–water partition coefficient (Wildman–Crippen LogP) is 4.23. The first-order valence-electron chi connectivity index (χ1n) is 9.45. The molecule has 0 radical (unpaired) electrons. The van der Waals surface area contributed by atoms with Gasteiger partial charge in [-0.25, -0.2) is 0 Å². The van der Waals surface area contributed by atoms with Gasteiger partial charge >= 0.3 is 0 Å². The summed E-state index contributed by atoms with van der Waals surface area (Å²) < 4.78 is 0. The van der Waals surface area contributed by atoms with E-state index in [1.54, 1.807) is 0 Å². The van der Waals surface area contributed by atoms with E-state index in [4.69, 9.17) is 4.98 Å². The van der Waals surface area contributed by atoms with Gasteiger partial charge in [0.15, 0.2) is 0 Å². The highest BCUT2D eigenvalue weighted by Gasteiger charge is 2.36. The van der Waals surface area contributed by atoms with Crippen LogP contribution in [0.5, 0.6) is 0 Å².